The number of nitriles is 1. The molecule has 8 nitrogen and oxygen atoms in total. The first-order chi connectivity index (χ1) is 17.6. The lowest BCUT2D eigenvalue weighted by Crippen LogP contribution is -2.43. The smallest absolute Gasteiger partial charge is 0.237 e. The number of benzene rings is 2. The number of nitrogens with one attached hydrogen (secondary N) is 2. The molecule has 3 heterocycles. The van der Waals surface area contributed by atoms with Crippen molar-refractivity contribution in [1.29, 1.82) is 5.26 Å². The Bertz CT molecular complexity index is 1380. The molecule has 0 amide bonds. The molecule has 36 heavy (non-hydrogen) atoms. The van der Waals surface area contributed by atoms with Gasteiger partial charge in [0.05, 0.1) is 43.2 Å². The van der Waals surface area contributed by atoms with Crippen molar-refractivity contribution in [3.05, 3.63) is 89.9 Å². The number of aryl methyl sites for hydroxylation is 1. The van der Waals surface area contributed by atoms with Crippen LogP contribution in [0.5, 0.6) is 11.6 Å². The molecule has 2 aromatic heterocycles. The zero-order chi connectivity index (χ0) is 24.9. The maximum atomic E-state index is 9.03. The molecule has 0 bridgehead atoms. The molecule has 0 spiro atoms. The first-order valence-electron chi connectivity index (χ1n) is 11.9. The van der Waals surface area contributed by atoms with Gasteiger partial charge in [0.2, 0.25) is 5.88 Å². The van der Waals surface area contributed by atoms with Gasteiger partial charge < -0.3 is 20.1 Å². The molecule has 182 valence electrons. The standard InChI is InChI=1S/C28H28N6O2/c1-34-18-23(16-33-34)22-13-25-28(32-15-22)36-26(17-31-25)27(21-4-3-5-24(12-21)35-2)30-11-10-19-6-8-20(14-29)9-7-19/h3-9,12-13,15-16,18,26-27,30-31H,10-11,17H2,1-2H3/t26-,27-/m1/s1. The molecule has 5 rings (SSSR count). The van der Waals surface area contributed by atoms with Gasteiger partial charge in [0.25, 0.3) is 0 Å². The Hall–Kier alpha value is -4.35. The topological polar surface area (TPSA) is 97.0 Å². The lowest BCUT2D eigenvalue weighted by Gasteiger charge is -2.33. The number of pyridine rings is 1. The Kier molecular flexibility index (Phi) is 6.83. The molecule has 2 atom stereocenters. The van der Waals surface area contributed by atoms with Crippen molar-refractivity contribution < 1.29 is 9.47 Å². The van der Waals surface area contributed by atoms with Gasteiger partial charge in [-0.3, -0.25) is 4.68 Å². The highest BCUT2D eigenvalue weighted by Gasteiger charge is 2.30. The molecule has 4 aromatic rings. The Labute approximate surface area is 210 Å². The number of nitrogens with zero attached hydrogens (tertiary/aromatic N) is 4. The molecule has 2 N–H and O–H groups in total. The number of methoxy groups -OCH3 is 1. The van der Waals surface area contributed by atoms with Crippen LogP contribution in [0, 0.1) is 11.3 Å². The van der Waals surface area contributed by atoms with Crippen molar-refractivity contribution in [1.82, 2.24) is 20.1 Å². The molecule has 0 fully saturated rings. The summed E-state index contributed by atoms with van der Waals surface area (Å²) >= 11 is 0. The summed E-state index contributed by atoms with van der Waals surface area (Å²) < 4.78 is 13.7. The van der Waals surface area contributed by atoms with Crippen LogP contribution >= 0.6 is 0 Å². The number of aromatic nitrogens is 3. The van der Waals surface area contributed by atoms with E-state index in [4.69, 9.17) is 14.7 Å². The van der Waals surface area contributed by atoms with Gasteiger partial charge in [-0.2, -0.15) is 10.4 Å². The number of ether oxygens (including phenoxy) is 2. The van der Waals surface area contributed by atoms with E-state index in [2.05, 4.69) is 38.9 Å². The van der Waals surface area contributed by atoms with Crippen molar-refractivity contribution in [2.45, 2.75) is 18.6 Å². The first kappa shape index (κ1) is 23.4. The molecule has 0 saturated heterocycles. The lowest BCUT2D eigenvalue weighted by atomic mass is 9.99. The van der Waals surface area contributed by atoms with Crippen molar-refractivity contribution in [2.24, 2.45) is 7.05 Å². The second kappa shape index (κ2) is 10.5. The number of anilines is 1. The van der Waals surface area contributed by atoms with Crippen molar-refractivity contribution in [3.8, 4) is 28.8 Å². The highest BCUT2D eigenvalue weighted by Crippen LogP contribution is 2.34. The second-order valence-electron chi connectivity index (χ2n) is 8.78. The van der Waals surface area contributed by atoms with Crippen LogP contribution in [-0.2, 0) is 13.5 Å². The van der Waals surface area contributed by atoms with E-state index in [1.54, 1.807) is 11.8 Å². The van der Waals surface area contributed by atoms with Crippen molar-refractivity contribution in [2.75, 3.05) is 25.5 Å². The minimum absolute atomic E-state index is 0.0843. The first-order valence-corrected chi connectivity index (χ1v) is 11.9. The van der Waals surface area contributed by atoms with Crippen LogP contribution in [0.2, 0.25) is 0 Å². The fourth-order valence-electron chi connectivity index (χ4n) is 4.40. The molecule has 2 aromatic carbocycles. The van der Waals surface area contributed by atoms with E-state index in [-0.39, 0.29) is 12.1 Å². The molecular weight excluding hydrogens is 452 g/mol. The summed E-state index contributed by atoms with van der Waals surface area (Å²) in [6.07, 6.45) is 6.26. The summed E-state index contributed by atoms with van der Waals surface area (Å²) in [6.45, 7) is 1.37. The highest BCUT2D eigenvalue weighted by molar-refractivity contribution is 5.69. The van der Waals surface area contributed by atoms with E-state index >= 15 is 0 Å². The van der Waals surface area contributed by atoms with E-state index < -0.39 is 0 Å². The summed E-state index contributed by atoms with van der Waals surface area (Å²) in [5.41, 5.74) is 5.78. The van der Waals surface area contributed by atoms with Crippen LogP contribution in [0.25, 0.3) is 11.1 Å². The van der Waals surface area contributed by atoms with Gasteiger partial charge >= 0.3 is 0 Å². The number of hydrogen-bond donors (Lipinski definition) is 2. The van der Waals surface area contributed by atoms with Crippen molar-refractivity contribution >= 4 is 5.69 Å². The van der Waals surface area contributed by atoms with Gasteiger partial charge in [0, 0.05) is 30.6 Å². The van der Waals surface area contributed by atoms with Crippen molar-refractivity contribution in [3.63, 3.8) is 0 Å². The summed E-state index contributed by atoms with van der Waals surface area (Å²) in [7, 11) is 3.57. The fourth-order valence-corrected chi connectivity index (χ4v) is 4.40. The largest absolute Gasteiger partial charge is 0.497 e. The zero-order valence-electron chi connectivity index (χ0n) is 20.3. The van der Waals surface area contributed by atoms with Gasteiger partial charge in [-0.25, -0.2) is 4.98 Å². The monoisotopic (exact) mass is 480 g/mol. The minimum Gasteiger partial charge on any atom is -0.497 e. The van der Waals surface area contributed by atoms with Gasteiger partial charge in [-0.1, -0.05) is 24.3 Å². The molecular formula is C28H28N6O2. The molecule has 1 aliphatic rings. The molecule has 0 aliphatic carbocycles. The summed E-state index contributed by atoms with van der Waals surface area (Å²) in [4.78, 5) is 4.61. The second-order valence-corrected chi connectivity index (χ2v) is 8.78. The van der Waals surface area contributed by atoms with Crippen LogP contribution in [0.3, 0.4) is 0 Å². The van der Waals surface area contributed by atoms with E-state index in [9.17, 15) is 0 Å². The molecule has 8 heteroatoms. The van der Waals surface area contributed by atoms with Gasteiger partial charge in [-0.15, -0.1) is 0 Å². The third-order valence-electron chi connectivity index (χ3n) is 6.33. The van der Waals surface area contributed by atoms with Gasteiger partial charge in [0.15, 0.2) is 0 Å². The van der Waals surface area contributed by atoms with Gasteiger partial charge in [0.1, 0.15) is 11.9 Å². The van der Waals surface area contributed by atoms with Crippen LogP contribution in [0.15, 0.2) is 73.2 Å². The number of rotatable bonds is 8. The number of hydrogen-bond acceptors (Lipinski definition) is 7. The predicted molar refractivity (Wildman–Crippen MR) is 138 cm³/mol. The van der Waals surface area contributed by atoms with E-state index in [1.165, 1.54) is 5.56 Å². The fraction of sp³-hybridized carbons (Fsp3) is 0.250. The summed E-state index contributed by atoms with van der Waals surface area (Å²) in [5.74, 6) is 1.38. The third kappa shape index (κ3) is 5.16. The Balaban J connectivity index is 1.34. The lowest BCUT2D eigenvalue weighted by molar-refractivity contribution is 0.150. The summed E-state index contributed by atoms with van der Waals surface area (Å²) in [5, 5.41) is 20.5. The van der Waals surface area contributed by atoms with Crippen LogP contribution < -0.4 is 20.1 Å². The Morgan fingerprint density at radius 2 is 2.06 bits per heavy atom. The third-order valence-corrected chi connectivity index (χ3v) is 6.33. The van der Waals surface area contributed by atoms with E-state index in [0.29, 0.717) is 18.0 Å². The Morgan fingerprint density at radius 3 is 2.81 bits per heavy atom. The molecule has 0 radical (unpaired) electrons. The summed E-state index contributed by atoms with van der Waals surface area (Å²) in [6, 6.07) is 19.9. The SMILES string of the molecule is COc1cccc([C@@H](NCCc2ccc(C#N)cc2)[C@H]2CNc3cc(-c4cnn(C)c4)cnc3O2)c1. The molecule has 1 aliphatic heterocycles. The maximum Gasteiger partial charge on any atom is 0.237 e. The van der Waals surface area contributed by atoms with Crippen LogP contribution in [-0.4, -0.2) is 41.1 Å². The predicted octanol–water partition coefficient (Wildman–Crippen LogP) is 4.11. The average molecular weight is 481 g/mol. The molecule has 0 unspecified atom stereocenters. The Morgan fingerprint density at radius 1 is 1.19 bits per heavy atom. The maximum absolute atomic E-state index is 9.03. The van der Waals surface area contributed by atoms with Crippen LogP contribution in [0.1, 0.15) is 22.7 Å². The van der Waals surface area contributed by atoms with Crippen LogP contribution in [0.4, 0.5) is 5.69 Å². The van der Waals surface area contributed by atoms with E-state index in [1.807, 2.05) is 68.1 Å². The highest BCUT2D eigenvalue weighted by atomic mass is 16.5. The quantitative estimate of drug-likeness (QED) is 0.392. The number of fused-ring (bicyclic) bond motifs is 1. The normalized spacial score (nSPS) is 15.2. The zero-order valence-corrected chi connectivity index (χ0v) is 20.3. The van der Waals surface area contributed by atoms with Gasteiger partial charge in [-0.05, 0) is 54.4 Å². The van der Waals surface area contributed by atoms with E-state index in [0.717, 1.165) is 41.1 Å². The minimum atomic E-state index is -0.178. The molecule has 0 saturated carbocycles. The average Bonchev–Trinajstić information content (AvgIpc) is 3.37.